The monoisotopic (exact) mass is 268 g/mol. The van der Waals surface area contributed by atoms with Gasteiger partial charge in [0.25, 0.3) is 0 Å². The maximum atomic E-state index is 12.5. The molecule has 0 amide bonds. The number of carbonyl (C=O) groups is 1. The van der Waals surface area contributed by atoms with E-state index >= 15 is 0 Å². The molecule has 0 bridgehead atoms. The second-order valence-corrected chi connectivity index (χ2v) is 3.64. The lowest BCUT2D eigenvalue weighted by molar-refractivity contribution is -0.281. The van der Waals surface area contributed by atoms with Gasteiger partial charge in [-0.1, -0.05) is 29.8 Å². The smallest absolute Gasteiger partial charge is 0.456 e. The number of benzene rings is 1. The Hall–Kier alpha value is -1.66. The zero-order valence-corrected chi connectivity index (χ0v) is 9.22. The van der Waals surface area contributed by atoms with Gasteiger partial charge in [-0.15, -0.1) is 0 Å². The van der Waals surface area contributed by atoms with Gasteiger partial charge in [0.05, 0.1) is 0 Å². The van der Waals surface area contributed by atoms with Gasteiger partial charge in [0.1, 0.15) is 6.61 Å². The highest BCUT2D eigenvalue weighted by Crippen LogP contribution is 2.36. The van der Waals surface area contributed by atoms with Crippen molar-refractivity contribution in [3.8, 4) is 0 Å². The normalized spacial score (nSPS) is 12.3. The van der Waals surface area contributed by atoms with Crippen molar-refractivity contribution in [3.63, 3.8) is 0 Å². The zero-order chi connectivity index (χ0) is 14.0. The summed E-state index contributed by atoms with van der Waals surface area (Å²) in [7, 11) is 0. The van der Waals surface area contributed by atoms with E-state index in [0.717, 1.165) is 5.56 Å². The number of esters is 1. The Labute approximate surface area is 99.4 Å². The SMILES string of the molecule is Cc1cccc(COC(=O)C(F)(F)C(F)(F)F)c1. The molecule has 0 aliphatic carbocycles. The van der Waals surface area contributed by atoms with E-state index in [9.17, 15) is 26.7 Å². The highest BCUT2D eigenvalue weighted by atomic mass is 19.4. The molecule has 0 radical (unpaired) electrons. The molecular formula is C11H9F5O2. The minimum Gasteiger partial charge on any atom is -0.456 e. The molecule has 0 saturated heterocycles. The lowest BCUT2D eigenvalue weighted by Gasteiger charge is -2.17. The molecule has 0 fully saturated rings. The highest BCUT2D eigenvalue weighted by molar-refractivity contribution is 5.78. The van der Waals surface area contributed by atoms with E-state index in [2.05, 4.69) is 4.74 Å². The standard InChI is InChI=1S/C11H9F5O2/c1-7-3-2-4-8(5-7)6-18-9(17)10(12,13)11(14,15)16/h2-5H,6H2,1H3. The van der Waals surface area contributed by atoms with Gasteiger partial charge in [-0.05, 0) is 12.5 Å². The van der Waals surface area contributed by atoms with Crippen molar-refractivity contribution in [1.29, 1.82) is 0 Å². The molecule has 0 N–H and O–H groups in total. The van der Waals surface area contributed by atoms with Gasteiger partial charge in [0.15, 0.2) is 0 Å². The molecule has 100 valence electrons. The topological polar surface area (TPSA) is 26.3 Å². The van der Waals surface area contributed by atoms with Gasteiger partial charge in [0.2, 0.25) is 0 Å². The number of halogens is 5. The second-order valence-electron chi connectivity index (χ2n) is 3.64. The van der Waals surface area contributed by atoms with Crippen LogP contribution in [0.5, 0.6) is 0 Å². The molecule has 18 heavy (non-hydrogen) atoms. The van der Waals surface area contributed by atoms with Gasteiger partial charge >= 0.3 is 18.1 Å². The average molecular weight is 268 g/mol. The summed E-state index contributed by atoms with van der Waals surface area (Å²) in [6, 6.07) is 6.24. The first kappa shape index (κ1) is 14.4. The lowest BCUT2D eigenvalue weighted by Crippen LogP contribution is -2.45. The molecule has 0 aliphatic heterocycles. The third kappa shape index (κ3) is 3.18. The number of hydrogen-bond acceptors (Lipinski definition) is 2. The molecule has 7 heteroatoms. The van der Waals surface area contributed by atoms with E-state index < -0.39 is 24.7 Å². The van der Waals surface area contributed by atoms with Crippen LogP contribution in [-0.4, -0.2) is 18.1 Å². The minimum absolute atomic E-state index is 0.335. The summed E-state index contributed by atoms with van der Waals surface area (Å²) in [5, 5.41) is 0. The van der Waals surface area contributed by atoms with Crippen molar-refractivity contribution in [2.24, 2.45) is 0 Å². The molecule has 0 aromatic heterocycles. The predicted molar refractivity (Wildman–Crippen MR) is 52.0 cm³/mol. The first-order valence-electron chi connectivity index (χ1n) is 4.82. The fourth-order valence-electron chi connectivity index (χ4n) is 1.16. The van der Waals surface area contributed by atoms with Crippen LogP contribution in [0.15, 0.2) is 24.3 Å². The number of carbonyl (C=O) groups excluding carboxylic acids is 1. The number of aryl methyl sites for hydroxylation is 1. The number of rotatable bonds is 3. The zero-order valence-electron chi connectivity index (χ0n) is 9.22. The quantitative estimate of drug-likeness (QED) is 0.621. The Morgan fingerprint density at radius 1 is 1.22 bits per heavy atom. The van der Waals surface area contributed by atoms with Crippen LogP contribution < -0.4 is 0 Å². The Morgan fingerprint density at radius 2 is 1.83 bits per heavy atom. The molecule has 0 unspecified atom stereocenters. The van der Waals surface area contributed by atoms with E-state index in [1.54, 1.807) is 19.1 Å². The highest BCUT2D eigenvalue weighted by Gasteiger charge is 2.64. The first-order chi connectivity index (χ1) is 8.14. The maximum absolute atomic E-state index is 12.5. The first-order valence-corrected chi connectivity index (χ1v) is 4.82. The summed E-state index contributed by atoms with van der Waals surface area (Å²) in [5.41, 5.74) is 1.10. The summed E-state index contributed by atoms with van der Waals surface area (Å²) in [5.74, 6) is -8.09. The maximum Gasteiger partial charge on any atom is 0.465 e. The van der Waals surface area contributed by atoms with Crippen molar-refractivity contribution < 1.29 is 31.5 Å². The van der Waals surface area contributed by atoms with Crippen molar-refractivity contribution in [2.45, 2.75) is 25.6 Å². The van der Waals surface area contributed by atoms with Crippen molar-refractivity contribution in [1.82, 2.24) is 0 Å². The number of hydrogen-bond donors (Lipinski definition) is 0. The van der Waals surface area contributed by atoms with Crippen LogP contribution in [0.25, 0.3) is 0 Å². The lowest BCUT2D eigenvalue weighted by atomic mass is 10.1. The van der Waals surface area contributed by atoms with Crippen LogP contribution in [0.2, 0.25) is 0 Å². The van der Waals surface area contributed by atoms with E-state index in [-0.39, 0.29) is 0 Å². The van der Waals surface area contributed by atoms with E-state index in [4.69, 9.17) is 0 Å². The molecule has 0 saturated carbocycles. The summed E-state index contributed by atoms with van der Waals surface area (Å²) < 4.78 is 64.4. The van der Waals surface area contributed by atoms with Gasteiger partial charge < -0.3 is 4.74 Å². The van der Waals surface area contributed by atoms with E-state index in [1.807, 2.05) is 0 Å². The molecule has 0 heterocycles. The van der Waals surface area contributed by atoms with Crippen LogP contribution in [-0.2, 0) is 16.1 Å². The number of alkyl halides is 5. The molecule has 1 aromatic carbocycles. The van der Waals surface area contributed by atoms with Gasteiger partial charge in [-0.2, -0.15) is 22.0 Å². The third-order valence-electron chi connectivity index (χ3n) is 2.06. The Balaban J connectivity index is 2.67. The minimum atomic E-state index is -5.95. The van der Waals surface area contributed by atoms with Crippen molar-refractivity contribution in [3.05, 3.63) is 35.4 Å². The van der Waals surface area contributed by atoms with Crippen LogP contribution in [0.3, 0.4) is 0 Å². The van der Waals surface area contributed by atoms with Gasteiger partial charge in [-0.25, -0.2) is 4.79 Å². The van der Waals surface area contributed by atoms with Gasteiger partial charge in [0, 0.05) is 0 Å². The summed E-state index contributed by atoms with van der Waals surface area (Å²) in [4.78, 5) is 10.7. The largest absolute Gasteiger partial charge is 0.465 e. The van der Waals surface area contributed by atoms with Crippen LogP contribution >= 0.6 is 0 Å². The van der Waals surface area contributed by atoms with E-state index in [1.165, 1.54) is 12.1 Å². The van der Waals surface area contributed by atoms with Crippen LogP contribution in [0.4, 0.5) is 22.0 Å². The van der Waals surface area contributed by atoms with Gasteiger partial charge in [-0.3, -0.25) is 0 Å². The van der Waals surface area contributed by atoms with Crippen molar-refractivity contribution in [2.75, 3.05) is 0 Å². The molecule has 0 aliphatic rings. The molecule has 0 atom stereocenters. The van der Waals surface area contributed by atoms with Crippen LogP contribution in [0.1, 0.15) is 11.1 Å². The predicted octanol–water partition coefficient (Wildman–Crippen LogP) is 3.24. The molecule has 1 rings (SSSR count). The average Bonchev–Trinajstić information content (AvgIpc) is 2.24. The third-order valence-corrected chi connectivity index (χ3v) is 2.06. The van der Waals surface area contributed by atoms with Crippen LogP contribution in [0, 0.1) is 6.92 Å². The molecule has 1 aromatic rings. The summed E-state index contributed by atoms with van der Waals surface area (Å²) in [6.07, 6.45) is -5.95. The molecule has 0 spiro atoms. The van der Waals surface area contributed by atoms with Crippen molar-refractivity contribution >= 4 is 5.97 Å². The number of ether oxygens (including phenoxy) is 1. The fraction of sp³-hybridized carbons (Fsp3) is 0.364. The van der Waals surface area contributed by atoms with E-state index in [0.29, 0.717) is 5.56 Å². The molecule has 2 nitrogen and oxygen atoms in total. The Kier molecular flexibility index (Phi) is 3.93. The fourth-order valence-corrected chi connectivity index (χ4v) is 1.16. The summed E-state index contributed by atoms with van der Waals surface area (Å²) >= 11 is 0. The Morgan fingerprint density at radius 3 is 2.33 bits per heavy atom. The molecular weight excluding hydrogens is 259 g/mol. The Bertz CT molecular complexity index is 439. The summed E-state index contributed by atoms with van der Waals surface area (Å²) in [6.45, 7) is 1.07. The second kappa shape index (κ2) is 4.91.